The van der Waals surface area contributed by atoms with E-state index in [1.54, 1.807) is 0 Å². The van der Waals surface area contributed by atoms with Gasteiger partial charge in [-0.15, -0.1) is 12.4 Å². The van der Waals surface area contributed by atoms with Crippen molar-refractivity contribution in [1.82, 2.24) is 10.2 Å². The van der Waals surface area contributed by atoms with Gasteiger partial charge in [0.15, 0.2) is 11.5 Å². The number of nitrogens with zero attached hydrogens (tertiary/aromatic N) is 1. The Morgan fingerprint density at radius 3 is 2.71 bits per heavy atom. The first-order valence-electron chi connectivity index (χ1n) is 7.21. The van der Waals surface area contributed by atoms with E-state index < -0.39 is 0 Å². The highest BCUT2D eigenvalue weighted by molar-refractivity contribution is 9.10. The predicted octanol–water partition coefficient (Wildman–Crippen LogP) is 2.68. The zero-order chi connectivity index (χ0) is 13.9. The molecule has 1 atom stereocenters. The van der Waals surface area contributed by atoms with Crippen LogP contribution in [-0.2, 0) is 6.54 Å². The van der Waals surface area contributed by atoms with Gasteiger partial charge in [0.25, 0.3) is 0 Å². The molecule has 0 aromatic heterocycles. The third-order valence-electron chi connectivity index (χ3n) is 3.97. The standard InChI is InChI=1S/C15H21BrN2O2.ClH/c1-17-8-11-2-3-18(9-11)10-12-6-14-15(7-13(12)16)20-5-4-19-14;/h6-7,11,17H,2-5,8-10H2,1H3;1H. The Balaban J connectivity index is 0.00000161. The average Bonchev–Trinajstić information content (AvgIpc) is 2.87. The van der Waals surface area contributed by atoms with Crippen molar-refractivity contribution in [2.45, 2.75) is 13.0 Å². The summed E-state index contributed by atoms with van der Waals surface area (Å²) in [6, 6.07) is 4.15. The van der Waals surface area contributed by atoms with Crippen molar-refractivity contribution >= 4 is 28.3 Å². The zero-order valence-corrected chi connectivity index (χ0v) is 14.6. The van der Waals surface area contributed by atoms with Gasteiger partial charge in [-0.25, -0.2) is 0 Å². The lowest BCUT2D eigenvalue weighted by molar-refractivity contribution is 0.171. The highest BCUT2D eigenvalue weighted by atomic mass is 79.9. The fraction of sp³-hybridized carbons (Fsp3) is 0.600. The van der Waals surface area contributed by atoms with Crippen LogP contribution in [0.3, 0.4) is 0 Å². The molecule has 118 valence electrons. The molecule has 1 fully saturated rings. The van der Waals surface area contributed by atoms with Gasteiger partial charge in [0, 0.05) is 17.6 Å². The second-order valence-electron chi connectivity index (χ2n) is 5.53. The third-order valence-corrected chi connectivity index (χ3v) is 4.71. The van der Waals surface area contributed by atoms with Gasteiger partial charge in [0.2, 0.25) is 0 Å². The molecule has 1 aromatic carbocycles. The normalized spacial score (nSPS) is 21.1. The van der Waals surface area contributed by atoms with Gasteiger partial charge < -0.3 is 14.8 Å². The molecular weight excluding hydrogens is 356 g/mol. The highest BCUT2D eigenvalue weighted by Gasteiger charge is 2.23. The zero-order valence-electron chi connectivity index (χ0n) is 12.2. The first kappa shape index (κ1) is 16.9. The number of hydrogen-bond donors (Lipinski definition) is 1. The minimum Gasteiger partial charge on any atom is -0.486 e. The van der Waals surface area contributed by atoms with Crippen LogP contribution in [0.25, 0.3) is 0 Å². The smallest absolute Gasteiger partial charge is 0.162 e. The van der Waals surface area contributed by atoms with Crippen molar-refractivity contribution < 1.29 is 9.47 Å². The van der Waals surface area contributed by atoms with Crippen molar-refractivity contribution in [1.29, 1.82) is 0 Å². The van der Waals surface area contributed by atoms with Crippen LogP contribution in [0.5, 0.6) is 11.5 Å². The second kappa shape index (κ2) is 7.68. The Morgan fingerprint density at radius 1 is 1.29 bits per heavy atom. The van der Waals surface area contributed by atoms with Gasteiger partial charge >= 0.3 is 0 Å². The Hall–Kier alpha value is -0.490. The summed E-state index contributed by atoms with van der Waals surface area (Å²) in [5, 5.41) is 3.27. The van der Waals surface area contributed by atoms with Crippen LogP contribution in [0.2, 0.25) is 0 Å². The minimum atomic E-state index is 0. The minimum absolute atomic E-state index is 0. The molecule has 1 N–H and O–H groups in total. The molecular formula is C15H22BrClN2O2. The third kappa shape index (κ3) is 4.03. The molecule has 3 rings (SSSR count). The van der Waals surface area contributed by atoms with E-state index in [4.69, 9.17) is 9.47 Å². The van der Waals surface area contributed by atoms with Gasteiger partial charge in [0.1, 0.15) is 13.2 Å². The van der Waals surface area contributed by atoms with Crippen molar-refractivity contribution in [3.8, 4) is 11.5 Å². The van der Waals surface area contributed by atoms with Crippen LogP contribution in [0.15, 0.2) is 16.6 Å². The molecule has 0 bridgehead atoms. The molecule has 0 amide bonds. The summed E-state index contributed by atoms with van der Waals surface area (Å²) in [6.45, 7) is 5.70. The van der Waals surface area contributed by atoms with E-state index in [0.29, 0.717) is 13.2 Å². The van der Waals surface area contributed by atoms with Crippen LogP contribution in [0, 0.1) is 5.92 Å². The van der Waals surface area contributed by atoms with E-state index in [1.165, 1.54) is 25.1 Å². The molecule has 0 aliphatic carbocycles. The summed E-state index contributed by atoms with van der Waals surface area (Å²) < 4.78 is 12.4. The summed E-state index contributed by atoms with van der Waals surface area (Å²) in [5.74, 6) is 2.50. The molecule has 6 heteroatoms. The maximum absolute atomic E-state index is 5.67. The molecule has 21 heavy (non-hydrogen) atoms. The largest absolute Gasteiger partial charge is 0.486 e. The Labute approximate surface area is 140 Å². The van der Waals surface area contributed by atoms with Crippen LogP contribution in [0.4, 0.5) is 0 Å². The van der Waals surface area contributed by atoms with E-state index in [9.17, 15) is 0 Å². The van der Waals surface area contributed by atoms with E-state index in [1.807, 2.05) is 13.1 Å². The van der Waals surface area contributed by atoms with E-state index >= 15 is 0 Å². The summed E-state index contributed by atoms with van der Waals surface area (Å²) in [7, 11) is 2.03. The van der Waals surface area contributed by atoms with Gasteiger partial charge in [-0.3, -0.25) is 4.90 Å². The first-order chi connectivity index (χ1) is 9.76. The maximum Gasteiger partial charge on any atom is 0.162 e. The fourth-order valence-corrected chi connectivity index (χ4v) is 3.43. The van der Waals surface area contributed by atoms with E-state index in [2.05, 4.69) is 32.2 Å². The number of nitrogens with one attached hydrogen (secondary N) is 1. The number of halogens is 2. The average molecular weight is 378 g/mol. The highest BCUT2D eigenvalue weighted by Crippen LogP contribution is 2.36. The molecule has 0 saturated carbocycles. The monoisotopic (exact) mass is 376 g/mol. The molecule has 1 saturated heterocycles. The summed E-state index contributed by atoms with van der Waals surface area (Å²) in [4.78, 5) is 2.51. The van der Waals surface area contributed by atoms with Crippen molar-refractivity contribution in [3.63, 3.8) is 0 Å². The molecule has 0 spiro atoms. The topological polar surface area (TPSA) is 33.7 Å². The number of benzene rings is 1. The lowest BCUT2D eigenvalue weighted by atomic mass is 10.1. The summed E-state index contributed by atoms with van der Waals surface area (Å²) in [6.07, 6.45) is 1.28. The first-order valence-corrected chi connectivity index (χ1v) is 8.00. The molecule has 2 heterocycles. The van der Waals surface area contributed by atoms with Gasteiger partial charge in [-0.1, -0.05) is 15.9 Å². The fourth-order valence-electron chi connectivity index (χ4n) is 2.98. The summed E-state index contributed by atoms with van der Waals surface area (Å²) >= 11 is 3.65. The molecule has 1 aromatic rings. The lowest BCUT2D eigenvalue weighted by Gasteiger charge is -2.22. The van der Waals surface area contributed by atoms with Crippen LogP contribution >= 0.6 is 28.3 Å². The van der Waals surface area contributed by atoms with Gasteiger partial charge in [-0.2, -0.15) is 0 Å². The molecule has 0 radical (unpaired) electrons. The number of rotatable bonds is 4. The quantitative estimate of drug-likeness (QED) is 0.875. The van der Waals surface area contributed by atoms with Crippen LogP contribution in [-0.4, -0.2) is 44.8 Å². The van der Waals surface area contributed by atoms with Crippen molar-refractivity contribution in [2.24, 2.45) is 5.92 Å². The van der Waals surface area contributed by atoms with E-state index in [0.717, 1.165) is 35.0 Å². The molecule has 2 aliphatic heterocycles. The molecule has 1 unspecified atom stereocenters. The second-order valence-corrected chi connectivity index (χ2v) is 6.39. The van der Waals surface area contributed by atoms with Crippen LogP contribution < -0.4 is 14.8 Å². The number of likely N-dealkylation sites (tertiary alicyclic amines) is 1. The number of ether oxygens (including phenoxy) is 2. The summed E-state index contributed by atoms with van der Waals surface area (Å²) in [5.41, 5.74) is 1.28. The molecule has 4 nitrogen and oxygen atoms in total. The Bertz CT molecular complexity index is 487. The number of fused-ring (bicyclic) bond motifs is 1. The molecule has 2 aliphatic rings. The maximum atomic E-state index is 5.67. The van der Waals surface area contributed by atoms with Crippen molar-refractivity contribution in [2.75, 3.05) is 39.9 Å². The van der Waals surface area contributed by atoms with Gasteiger partial charge in [0.05, 0.1) is 0 Å². The van der Waals surface area contributed by atoms with Crippen LogP contribution in [0.1, 0.15) is 12.0 Å². The SMILES string of the molecule is CNCC1CCN(Cc2cc3c(cc2Br)OCCO3)C1.Cl. The Morgan fingerprint density at radius 2 is 2.00 bits per heavy atom. The van der Waals surface area contributed by atoms with Crippen molar-refractivity contribution in [3.05, 3.63) is 22.2 Å². The van der Waals surface area contributed by atoms with Gasteiger partial charge in [-0.05, 0) is 50.2 Å². The van der Waals surface area contributed by atoms with E-state index in [-0.39, 0.29) is 12.4 Å². The predicted molar refractivity (Wildman–Crippen MR) is 89.7 cm³/mol. The Kier molecular flexibility index (Phi) is 6.17. The lowest BCUT2D eigenvalue weighted by Crippen LogP contribution is -2.24. The number of hydrogen-bond acceptors (Lipinski definition) is 4.